The van der Waals surface area contributed by atoms with Crippen molar-refractivity contribution in [3.05, 3.63) is 48.2 Å². The van der Waals surface area contributed by atoms with Crippen molar-refractivity contribution in [2.24, 2.45) is 5.92 Å². The molecule has 3 aliphatic heterocycles. The topological polar surface area (TPSA) is 83.6 Å². The third-order valence-corrected chi connectivity index (χ3v) is 5.87. The number of carbonyl (C=O) groups excluding carboxylic acids is 2. The van der Waals surface area contributed by atoms with Crippen molar-refractivity contribution in [1.29, 1.82) is 0 Å². The Morgan fingerprint density at radius 3 is 2.52 bits per heavy atom. The lowest BCUT2D eigenvalue weighted by molar-refractivity contribution is -0.114. The Hall–Kier alpha value is -2.93. The minimum atomic E-state index is -0.158. The summed E-state index contributed by atoms with van der Waals surface area (Å²) in [6.45, 7) is 5.93. The molecule has 7 nitrogen and oxygen atoms in total. The number of aromatic nitrogens is 1. The van der Waals surface area contributed by atoms with Gasteiger partial charge in [0.25, 0.3) is 5.91 Å². The van der Waals surface area contributed by atoms with E-state index in [1.807, 2.05) is 0 Å². The van der Waals surface area contributed by atoms with Crippen molar-refractivity contribution in [3.8, 4) is 11.6 Å². The van der Waals surface area contributed by atoms with Gasteiger partial charge in [-0.15, -0.1) is 0 Å². The molecule has 3 aliphatic rings. The summed E-state index contributed by atoms with van der Waals surface area (Å²) in [6, 6.07) is 11.0. The highest BCUT2D eigenvalue weighted by Gasteiger charge is 2.40. The maximum absolute atomic E-state index is 12.7. The van der Waals surface area contributed by atoms with Crippen LogP contribution in [-0.4, -0.2) is 46.9 Å². The number of piperidine rings is 3. The molecule has 1 aromatic carbocycles. The van der Waals surface area contributed by atoms with Gasteiger partial charge in [-0.2, -0.15) is 0 Å². The Balaban J connectivity index is 1.39. The zero-order chi connectivity index (χ0) is 20.4. The lowest BCUT2D eigenvalue weighted by atomic mass is 9.79. The van der Waals surface area contributed by atoms with Crippen LogP contribution in [0.25, 0.3) is 0 Å². The molecule has 152 valence electrons. The Kier molecular flexibility index (Phi) is 5.49. The summed E-state index contributed by atoms with van der Waals surface area (Å²) in [6.07, 6.45) is 3.89. The molecule has 2 N–H and O–H groups in total. The van der Waals surface area contributed by atoms with Crippen LogP contribution in [0.1, 0.15) is 37.0 Å². The van der Waals surface area contributed by atoms with Crippen molar-refractivity contribution < 1.29 is 14.3 Å². The number of carbonyl (C=O) groups is 2. The predicted molar refractivity (Wildman–Crippen MR) is 110 cm³/mol. The van der Waals surface area contributed by atoms with E-state index < -0.39 is 0 Å². The van der Waals surface area contributed by atoms with Crippen LogP contribution in [-0.2, 0) is 4.79 Å². The molecule has 29 heavy (non-hydrogen) atoms. The first-order valence-corrected chi connectivity index (χ1v) is 10.1. The van der Waals surface area contributed by atoms with Crippen LogP contribution in [0, 0.1) is 5.92 Å². The van der Waals surface area contributed by atoms with Crippen LogP contribution in [0.3, 0.4) is 0 Å². The first-order chi connectivity index (χ1) is 14.0. The van der Waals surface area contributed by atoms with Crippen LogP contribution >= 0.6 is 0 Å². The second-order valence-electron chi connectivity index (χ2n) is 7.80. The summed E-state index contributed by atoms with van der Waals surface area (Å²) in [5, 5.41) is 5.93. The van der Waals surface area contributed by atoms with E-state index >= 15 is 0 Å². The monoisotopic (exact) mass is 394 g/mol. The van der Waals surface area contributed by atoms with Gasteiger partial charge in [0, 0.05) is 42.5 Å². The largest absolute Gasteiger partial charge is 0.439 e. The predicted octanol–water partition coefficient (Wildman–Crippen LogP) is 3.04. The van der Waals surface area contributed by atoms with Gasteiger partial charge in [-0.05, 0) is 69.1 Å². The smallest absolute Gasteiger partial charge is 0.251 e. The lowest BCUT2D eigenvalue weighted by Gasteiger charge is -2.49. The number of hydrogen-bond acceptors (Lipinski definition) is 5. The van der Waals surface area contributed by atoms with Crippen LogP contribution in [0.15, 0.2) is 42.6 Å². The summed E-state index contributed by atoms with van der Waals surface area (Å²) in [5.74, 6) is 1.31. The fraction of sp³-hybridized carbons (Fsp3) is 0.409. The quantitative estimate of drug-likeness (QED) is 0.814. The Bertz CT molecular complexity index is 889. The van der Waals surface area contributed by atoms with Crippen LogP contribution < -0.4 is 15.4 Å². The van der Waals surface area contributed by atoms with Gasteiger partial charge in [-0.3, -0.25) is 14.5 Å². The molecule has 0 spiro atoms. The molecule has 0 radical (unpaired) electrons. The second-order valence-corrected chi connectivity index (χ2v) is 7.80. The van der Waals surface area contributed by atoms with Crippen LogP contribution in [0.5, 0.6) is 11.6 Å². The van der Waals surface area contributed by atoms with Gasteiger partial charge in [0.2, 0.25) is 11.8 Å². The summed E-state index contributed by atoms with van der Waals surface area (Å²) in [4.78, 5) is 30.5. The maximum Gasteiger partial charge on any atom is 0.251 e. The van der Waals surface area contributed by atoms with Gasteiger partial charge >= 0.3 is 0 Å². The second kappa shape index (κ2) is 8.21. The third kappa shape index (κ3) is 4.40. The number of nitrogens with zero attached hydrogens (tertiary/aromatic N) is 2. The number of rotatable bonds is 5. The molecule has 1 aromatic heterocycles. The molecule has 7 heteroatoms. The van der Waals surface area contributed by atoms with Gasteiger partial charge in [0.1, 0.15) is 5.75 Å². The number of amides is 2. The summed E-state index contributed by atoms with van der Waals surface area (Å²) in [7, 11) is 0. The molecule has 2 aromatic rings. The number of hydrogen-bond donors (Lipinski definition) is 2. The van der Waals surface area contributed by atoms with Crippen molar-refractivity contribution in [1.82, 2.24) is 15.2 Å². The van der Waals surface area contributed by atoms with Crippen molar-refractivity contribution in [2.75, 3.05) is 18.4 Å². The van der Waals surface area contributed by atoms with Crippen molar-refractivity contribution in [3.63, 3.8) is 0 Å². The first-order valence-electron chi connectivity index (χ1n) is 10.1. The Morgan fingerprint density at radius 2 is 1.86 bits per heavy atom. The fourth-order valence-corrected chi connectivity index (χ4v) is 4.32. The molecule has 2 amide bonds. The number of benzene rings is 1. The standard InChI is InChI=1S/C22H26N4O3/c1-14-21(16-8-11-26(14)12-9-16)25-22(28)17-3-5-19(6-4-17)29-20-13-18(7-10-23-20)24-15(2)27/h3-7,10,13-14,16,21H,8-9,11-12H2,1-2H3,(H,25,28)(H,23,24,27)/t14-,21-/m0/s1. The van der Waals surface area contributed by atoms with Gasteiger partial charge in [0.05, 0.1) is 0 Å². The lowest BCUT2D eigenvalue weighted by Crippen LogP contribution is -2.62. The van der Waals surface area contributed by atoms with Crippen molar-refractivity contribution >= 4 is 17.5 Å². The third-order valence-electron chi connectivity index (χ3n) is 5.87. The molecule has 0 aliphatic carbocycles. The maximum atomic E-state index is 12.7. The zero-order valence-corrected chi connectivity index (χ0v) is 16.7. The molecule has 0 saturated carbocycles. The van der Waals surface area contributed by atoms with E-state index in [0.29, 0.717) is 34.8 Å². The van der Waals surface area contributed by atoms with Gasteiger partial charge in [0.15, 0.2) is 0 Å². The van der Waals surface area contributed by atoms with Crippen molar-refractivity contribution in [2.45, 2.75) is 38.8 Å². The molecule has 5 rings (SSSR count). The first kappa shape index (κ1) is 19.4. The number of ether oxygens (including phenoxy) is 1. The molecular formula is C22H26N4O3. The number of pyridine rings is 1. The zero-order valence-electron chi connectivity index (χ0n) is 16.7. The summed E-state index contributed by atoms with van der Waals surface area (Å²) >= 11 is 0. The Morgan fingerprint density at radius 1 is 1.14 bits per heavy atom. The molecule has 4 heterocycles. The van der Waals surface area contributed by atoms with E-state index in [2.05, 4.69) is 27.4 Å². The highest BCUT2D eigenvalue weighted by Crippen LogP contribution is 2.32. The van der Waals surface area contributed by atoms with E-state index in [1.54, 1.807) is 42.6 Å². The fourth-order valence-electron chi connectivity index (χ4n) is 4.32. The summed E-state index contributed by atoms with van der Waals surface area (Å²) < 4.78 is 5.74. The van der Waals surface area contributed by atoms with Crippen LogP contribution in [0.4, 0.5) is 5.69 Å². The average molecular weight is 394 g/mol. The average Bonchev–Trinajstić information content (AvgIpc) is 2.71. The molecule has 0 unspecified atom stereocenters. The Labute approximate surface area is 170 Å². The minimum Gasteiger partial charge on any atom is -0.439 e. The molecule has 3 saturated heterocycles. The van der Waals surface area contributed by atoms with E-state index in [1.165, 1.54) is 6.92 Å². The minimum absolute atomic E-state index is 0.0482. The van der Waals surface area contributed by atoms with E-state index in [0.717, 1.165) is 25.9 Å². The molecular weight excluding hydrogens is 368 g/mol. The SMILES string of the molecule is CC(=O)Nc1ccnc(Oc2ccc(C(=O)N[C@@H]3C4CCN(CC4)[C@H]3C)cc2)c1. The van der Waals surface area contributed by atoms with Gasteiger partial charge < -0.3 is 15.4 Å². The normalized spacial score (nSPS) is 25.3. The van der Waals surface area contributed by atoms with E-state index in [9.17, 15) is 9.59 Å². The number of anilines is 1. The highest BCUT2D eigenvalue weighted by molar-refractivity contribution is 5.94. The highest BCUT2D eigenvalue weighted by atomic mass is 16.5. The molecule has 3 fully saturated rings. The van der Waals surface area contributed by atoms with Gasteiger partial charge in [-0.25, -0.2) is 4.98 Å². The number of nitrogens with one attached hydrogen (secondary N) is 2. The summed E-state index contributed by atoms with van der Waals surface area (Å²) in [5.41, 5.74) is 1.23. The number of fused-ring (bicyclic) bond motifs is 3. The van der Waals surface area contributed by atoms with E-state index in [-0.39, 0.29) is 17.9 Å². The van der Waals surface area contributed by atoms with E-state index in [4.69, 9.17) is 4.74 Å². The van der Waals surface area contributed by atoms with Crippen LogP contribution in [0.2, 0.25) is 0 Å². The molecule has 2 bridgehead atoms. The van der Waals surface area contributed by atoms with Gasteiger partial charge in [-0.1, -0.05) is 0 Å². The molecule has 2 atom stereocenters.